The summed E-state index contributed by atoms with van der Waals surface area (Å²) < 4.78 is 27.4. The number of aliphatic hydroxyl groups excluding tert-OH is 1. The van der Waals surface area contributed by atoms with E-state index in [-0.39, 0.29) is 24.1 Å². The predicted molar refractivity (Wildman–Crippen MR) is 81.7 cm³/mol. The minimum atomic E-state index is -1.18. The molecule has 2 aliphatic heterocycles. The molecule has 0 radical (unpaired) electrons. The summed E-state index contributed by atoms with van der Waals surface area (Å²) in [5, 5.41) is 10.2. The molecule has 1 aromatic carbocycles. The lowest BCUT2D eigenvalue weighted by atomic mass is 10.0. The smallest absolute Gasteiger partial charge is 0.222 e. The van der Waals surface area contributed by atoms with E-state index >= 15 is 0 Å². The number of β-amino-alcohol motifs (C(OH)–C–C–N with tert-alkyl or cyclic N) is 1. The Kier molecular flexibility index (Phi) is 4.92. The number of nitrogens with zero attached hydrogens (tertiary/aromatic N) is 2. The molecule has 0 aliphatic carbocycles. The van der Waals surface area contributed by atoms with E-state index in [0.717, 1.165) is 51.0 Å². The van der Waals surface area contributed by atoms with Crippen LogP contribution in [0.5, 0.6) is 0 Å². The molecule has 1 atom stereocenters. The number of carbonyl (C=O) groups excluding carboxylic acids is 1. The third-order valence-corrected chi connectivity index (χ3v) is 4.87. The van der Waals surface area contributed by atoms with Gasteiger partial charge in [0.25, 0.3) is 0 Å². The second-order valence-corrected chi connectivity index (χ2v) is 6.37. The quantitative estimate of drug-likeness (QED) is 0.922. The first kappa shape index (κ1) is 16.3. The Bertz CT molecular complexity index is 553. The molecule has 0 saturated carbocycles. The van der Waals surface area contributed by atoms with Crippen LogP contribution in [0.4, 0.5) is 8.78 Å². The Hall–Kier alpha value is -1.53. The first-order valence-corrected chi connectivity index (χ1v) is 8.20. The van der Waals surface area contributed by atoms with Gasteiger partial charge in [0.15, 0.2) is 0 Å². The van der Waals surface area contributed by atoms with Crippen LogP contribution in [-0.2, 0) is 4.79 Å². The zero-order valence-electron chi connectivity index (χ0n) is 13.0. The molecule has 126 valence electrons. The fourth-order valence-corrected chi connectivity index (χ4v) is 3.63. The molecule has 1 amide bonds. The molecule has 2 aliphatic rings. The van der Waals surface area contributed by atoms with E-state index in [0.29, 0.717) is 6.42 Å². The van der Waals surface area contributed by atoms with Crippen LogP contribution in [0.15, 0.2) is 18.2 Å². The van der Waals surface area contributed by atoms with Crippen molar-refractivity contribution in [1.82, 2.24) is 9.80 Å². The molecule has 0 spiro atoms. The Balaban J connectivity index is 1.55. The second-order valence-electron chi connectivity index (χ2n) is 6.37. The van der Waals surface area contributed by atoms with Crippen LogP contribution in [0.1, 0.15) is 37.4 Å². The third-order valence-electron chi connectivity index (χ3n) is 4.87. The molecular formula is C17H22F2N2O2. The second kappa shape index (κ2) is 6.93. The zero-order chi connectivity index (χ0) is 16.4. The van der Waals surface area contributed by atoms with Gasteiger partial charge in [-0.1, -0.05) is 6.07 Å². The fourth-order valence-electron chi connectivity index (χ4n) is 3.63. The highest BCUT2D eigenvalue weighted by Gasteiger charge is 2.31. The number of aliphatic hydroxyl groups is 1. The van der Waals surface area contributed by atoms with Crippen molar-refractivity contribution in [3.05, 3.63) is 35.4 Å². The van der Waals surface area contributed by atoms with E-state index < -0.39 is 17.7 Å². The van der Waals surface area contributed by atoms with Crippen molar-refractivity contribution in [1.29, 1.82) is 0 Å². The molecule has 1 aromatic rings. The Morgan fingerprint density at radius 2 is 1.83 bits per heavy atom. The predicted octanol–water partition coefficient (Wildman–Crippen LogP) is 2.08. The van der Waals surface area contributed by atoms with E-state index in [2.05, 4.69) is 0 Å². The van der Waals surface area contributed by atoms with Crippen LogP contribution in [0.3, 0.4) is 0 Å². The lowest BCUT2D eigenvalue weighted by Gasteiger charge is -2.37. The summed E-state index contributed by atoms with van der Waals surface area (Å²) in [6.45, 7) is 2.49. The highest BCUT2D eigenvalue weighted by molar-refractivity contribution is 5.78. The molecular weight excluding hydrogens is 302 g/mol. The van der Waals surface area contributed by atoms with Gasteiger partial charge in [0.05, 0.1) is 11.7 Å². The van der Waals surface area contributed by atoms with E-state index in [4.69, 9.17) is 0 Å². The van der Waals surface area contributed by atoms with E-state index in [1.807, 2.05) is 9.80 Å². The molecule has 2 heterocycles. The van der Waals surface area contributed by atoms with Crippen molar-refractivity contribution in [3.8, 4) is 0 Å². The van der Waals surface area contributed by atoms with Gasteiger partial charge in [-0.15, -0.1) is 0 Å². The summed E-state index contributed by atoms with van der Waals surface area (Å²) >= 11 is 0. The van der Waals surface area contributed by atoms with Crippen LogP contribution in [0.2, 0.25) is 0 Å². The van der Waals surface area contributed by atoms with Gasteiger partial charge in [-0.05, 0) is 31.4 Å². The largest absolute Gasteiger partial charge is 0.387 e. The Morgan fingerprint density at radius 3 is 2.39 bits per heavy atom. The number of likely N-dealkylation sites (tertiary alicyclic amines) is 2. The molecule has 23 heavy (non-hydrogen) atoms. The monoisotopic (exact) mass is 324 g/mol. The number of rotatable bonds is 4. The maximum Gasteiger partial charge on any atom is 0.222 e. The van der Waals surface area contributed by atoms with Crippen LogP contribution < -0.4 is 0 Å². The van der Waals surface area contributed by atoms with Crippen molar-refractivity contribution in [2.45, 2.75) is 37.8 Å². The van der Waals surface area contributed by atoms with Crippen molar-refractivity contribution in [3.63, 3.8) is 0 Å². The topological polar surface area (TPSA) is 43.8 Å². The first-order chi connectivity index (χ1) is 11.1. The fraction of sp³-hybridized carbons (Fsp3) is 0.588. The lowest BCUT2D eigenvalue weighted by Crippen LogP contribution is -2.46. The number of hydrogen-bond acceptors (Lipinski definition) is 3. The summed E-state index contributed by atoms with van der Waals surface area (Å²) in [7, 11) is 0. The van der Waals surface area contributed by atoms with Crippen LogP contribution in [-0.4, -0.2) is 53.0 Å². The number of benzene rings is 1. The van der Waals surface area contributed by atoms with Gasteiger partial charge >= 0.3 is 0 Å². The summed E-state index contributed by atoms with van der Waals surface area (Å²) in [6, 6.07) is 3.88. The summed E-state index contributed by atoms with van der Waals surface area (Å²) in [5.74, 6) is -1.19. The normalized spacial score (nSPS) is 21.9. The maximum absolute atomic E-state index is 13.7. The van der Waals surface area contributed by atoms with Gasteiger partial charge in [0.1, 0.15) is 11.6 Å². The average molecular weight is 324 g/mol. The minimum Gasteiger partial charge on any atom is -0.387 e. The zero-order valence-corrected chi connectivity index (χ0v) is 13.0. The molecule has 0 aromatic heterocycles. The molecule has 3 rings (SSSR count). The summed E-state index contributed by atoms with van der Waals surface area (Å²) in [4.78, 5) is 15.8. The van der Waals surface area contributed by atoms with Crippen LogP contribution in [0.25, 0.3) is 0 Å². The number of piperidine rings is 1. The first-order valence-electron chi connectivity index (χ1n) is 8.20. The number of hydrogen-bond donors (Lipinski definition) is 1. The Labute approximate surface area is 134 Å². The van der Waals surface area contributed by atoms with Crippen molar-refractivity contribution in [2.75, 3.05) is 26.2 Å². The van der Waals surface area contributed by atoms with E-state index in [9.17, 15) is 18.7 Å². The van der Waals surface area contributed by atoms with Gasteiger partial charge in [-0.2, -0.15) is 0 Å². The Morgan fingerprint density at radius 1 is 1.17 bits per heavy atom. The van der Waals surface area contributed by atoms with Gasteiger partial charge in [-0.25, -0.2) is 8.78 Å². The number of amides is 1. The van der Waals surface area contributed by atoms with Gasteiger partial charge in [0, 0.05) is 38.6 Å². The van der Waals surface area contributed by atoms with E-state index in [1.165, 1.54) is 6.07 Å². The molecule has 0 bridgehead atoms. The SMILES string of the molecule is O=C1CCCN1C1CCN(CC(O)c2c(F)cccc2F)CC1. The standard InChI is InChI=1S/C17H22F2N2O2/c18-13-3-1-4-14(19)17(13)15(22)11-20-9-6-12(7-10-20)21-8-2-5-16(21)23/h1,3-4,12,15,22H,2,5-11H2. The molecule has 1 N–H and O–H groups in total. The van der Waals surface area contributed by atoms with Crippen LogP contribution >= 0.6 is 0 Å². The third kappa shape index (κ3) is 3.53. The van der Waals surface area contributed by atoms with Crippen molar-refractivity contribution < 1.29 is 18.7 Å². The number of halogens is 2. The lowest BCUT2D eigenvalue weighted by molar-refractivity contribution is -0.130. The van der Waals surface area contributed by atoms with Gasteiger partial charge < -0.3 is 14.9 Å². The molecule has 4 nitrogen and oxygen atoms in total. The average Bonchev–Trinajstić information content (AvgIpc) is 2.94. The molecule has 2 saturated heterocycles. The highest BCUT2D eigenvalue weighted by atomic mass is 19.1. The molecule has 2 fully saturated rings. The van der Waals surface area contributed by atoms with Crippen LogP contribution in [0, 0.1) is 11.6 Å². The van der Waals surface area contributed by atoms with Gasteiger partial charge in [0.2, 0.25) is 5.91 Å². The van der Waals surface area contributed by atoms with Gasteiger partial charge in [-0.3, -0.25) is 4.79 Å². The molecule has 6 heteroatoms. The van der Waals surface area contributed by atoms with Crippen molar-refractivity contribution in [2.24, 2.45) is 0 Å². The summed E-state index contributed by atoms with van der Waals surface area (Å²) in [5.41, 5.74) is -0.260. The van der Waals surface area contributed by atoms with Crippen molar-refractivity contribution >= 4 is 5.91 Å². The highest BCUT2D eigenvalue weighted by Crippen LogP contribution is 2.25. The minimum absolute atomic E-state index is 0.207. The molecule has 1 unspecified atom stereocenters. The summed E-state index contributed by atoms with van der Waals surface area (Å²) in [6.07, 6.45) is 2.09. The van der Waals surface area contributed by atoms with E-state index in [1.54, 1.807) is 0 Å². The maximum atomic E-state index is 13.7. The number of carbonyl (C=O) groups is 1.